The zero-order valence-corrected chi connectivity index (χ0v) is 21.4. The number of hydrogen-bond acceptors (Lipinski definition) is 5. The quantitative estimate of drug-likeness (QED) is 0.374. The van der Waals surface area contributed by atoms with Crippen molar-refractivity contribution in [2.75, 3.05) is 43.1 Å². The highest BCUT2D eigenvalue weighted by molar-refractivity contribution is 5.97. The molecule has 216 valence electrons. The van der Waals surface area contributed by atoms with Crippen LogP contribution >= 0.6 is 0 Å². The fraction of sp³-hybridized carbons (Fsp3) is 0.400. The lowest BCUT2D eigenvalue weighted by Crippen LogP contribution is -2.36. The maximum absolute atomic E-state index is 14.0. The number of ether oxygens (including phenoxy) is 2. The van der Waals surface area contributed by atoms with Gasteiger partial charge in [-0.3, -0.25) is 9.80 Å². The molecule has 0 spiro atoms. The minimum absolute atomic E-state index is 0.0112. The van der Waals surface area contributed by atoms with E-state index in [1.165, 1.54) is 13.8 Å². The van der Waals surface area contributed by atoms with Crippen LogP contribution in [0.1, 0.15) is 25.0 Å². The molecule has 2 aromatic rings. The minimum atomic E-state index is -5.42. The highest BCUT2D eigenvalue weighted by atomic mass is 19.4. The van der Waals surface area contributed by atoms with Crippen LogP contribution < -0.4 is 14.5 Å². The number of carbonyl (C=O) groups excluding carboxylic acids is 2. The number of amides is 3. The van der Waals surface area contributed by atoms with E-state index < -0.39 is 58.5 Å². The first-order chi connectivity index (χ1) is 18.4. The van der Waals surface area contributed by atoms with Crippen molar-refractivity contribution in [1.82, 2.24) is 4.90 Å². The molecule has 1 aliphatic rings. The van der Waals surface area contributed by atoms with Crippen molar-refractivity contribution in [2.24, 2.45) is 0 Å². The highest BCUT2D eigenvalue weighted by Gasteiger charge is 2.44. The molecule has 0 unspecified atom stereocenters. The lowest BCUT2D eigenvalue weighted by molar-refractivity contribution is -0.143. The maximum atomic E-state index is 14.0. The van der Waals surface area contributed by atoms with E-state index in [1.807, 2.05) is 6.07 Å². The molecule has 1 aliphatic heterocycles. The minimum Gasteiger partial charge on any atom is -0.407 e. The Bertz CT molecular complexity index is 1300. The number of carbonyl (C=O) groups is 2. The van der Waals surface area contributed by atoms with E-state index in [-0.39, 0.29) is 38.0 Å². The van der Waals surface area contributed by atoms with Gasteiger partial charge in [0.1, 0.15) is 17.0 Å². The van der Waals surface area contributed by atoms with E-state index in [0.717, 1.165) is 36.2 Å². The summed E-state index contributed by atoms with van der Waals surface area (Å²) in [5, 5.41) is 9.03. The van der Waals surface area contributed by atoms with Gasteiger partial charge in [-0.15, -0.1) is 0 Å². The summed E-state index contributed by atoms with van der Waals surface area (Å²) < 4.78 is 106. The summed E-state index contributed by atoms with van der Waals surface area (Å²) in [7, 11) is 1.10. The van der Waals surface area contributed by atoms with Crippen LogP contribution in [0.5, 0.6) is 5.75 Å². The SMILES string of the molecule is CN(C(=O)Oc1c(N2CCN(CCOC(C)(C)C#N)C2=O)cc(C(F)(F)F)cc1C(F)(F)F)c1ccc(F)cc1. The molecular weight excluding hydrogens is 553 g/mol. The van der Waals surface area contributed by atoms with Gasteiger partial charge in [0.15, 0.2) is 5.75 Å². The van der Waals surface area contributed by atoms with Gasteiger partial charge in [0.2, 0.25) is 0 Å². The first-order valence-corrected chi connectivity index (χ1v) is 11.6. The van der Waals surface area contributed by atoms with Crippen LogP contribution in [-0.2, 0) is 17.1 Å². The van der Waals surface area contributed by atoms with Crippen molar-refractivity contribution < 1.29 is 49.8 Å². The molecule has 3 amide bonds. The van der Waals surface area contributed by atoms with Crippen LogP contribution in [0.2, 0.25) is 0 Å². The molecule has 1 heterocycles. The van der Waals surface area contributed by atoms with Crippen LogP contribution in [0.15, 0.2) is 36.4 Å². The van der Waals surface area contributed by atoms with Gasteiger partial charge >= 0.3 is 24.5 Å². The third-order valence-corrected chi connectivity index (χ3v) is 5.86. The number of rotatable bonds is 7. The summed E-state index contributed by atoms with van der Waals surface area (Å²) in [5.41, 5.74) is -5.75. The largest absolute Gasteiger partial charge is 0.420 e. The van der Waals surface area contributed by atoms with Crippen LogP contribution in [-0.4, -0.2) is 55.9 Å². The molecule has 0 atom stereocenters. The molecule has 15 heteroatoms. The molecule has 1 fully saturated rings. The predicted molar refractivity (Wildman–Crippen MR) is 127 cm³/mol. The summed E-state index contributed by atoms with van der Waals surface area (Å²) in [6.07, 6.45) is -12.1. The fourth-order valence-electron chi connectivity index (χ4n) is 3.68. The molecule has 8 nitrogen and oxygen atoms in total. The Hall–Kier alpha value is -4.06. The summed E-state index contributed by atoms with van der Waals surface area (Å²) in [6, 6.07) is 5.22. The average molecular weight is 576 g/mol. The van der Waals surface area contributed by atoms with E-state index in [0.29, 0.717) is 15.9 Å². The first kappa shape index (κ1) is 30.5. The zero-order chi connectivity index (χ0) is 30.0. The maximum Gasteiger partial charge on any atom is 0.420 e. The normalized spacial score (nSPS) is 14.4. The van der Waals surface area contributed by atoms with Gasteiger partial charge < -0.3 is 14.4 Å². The Morgan fingerprint density at radius 2 is 1.68 bits per heavy atom. The highest BCUT2D eigenvalue weighted by Crippen LogP contribution is 2.47. The van der Waals surface area contributed by atoms with Gasteiger partial charge in [-0.1, -0.05) is 0 Å². The van der Waals surface area contributed by atoms with E-state index in [9.17, 15) is 40.3 Å². The van der Waals surface area contributed by atoms with Crippen LogP contribution in [0, 0.1) is 17.1 Å². The second kappa shape index (κ2) is 11.2. The lowest BCUT2D eigenvalue weighted by atomic mass is 10.1. The Morgan fingerprint density at radius 1 is 1.05 bits per heavy atom. The predicted octanol–water partition coefficient (Wildman–Crippen LogP) is 6.06. The number of halogens is 7. The Kier molecular flexibility index (Phi) is 8.54. The summed E-state index contributed by atoms with van der Waals surface area (Å²) in [6.45, 7) is 2.24. The van der Waals surface area contributed by atoms with Crippen LogP contribution in [0.25, 0.3) is 0 Å². The average Bonchev–Trinajstić information content (AvgIpc) is 3.22. The molecule has 3 rings (SSSR count). The van der Waals surface area contributed by atoms with Crippen molar-refractivity contribution >= 4 is 23.5 Å². The second-order valence-electron chi connectivity index (χ2n) is 9.16. The number of urea groups is 1. The molecule has 0 N–H and O–H groups in total. The molecule has 2 aromatic carbocycles. The molecule has 0 aliphatic carbocycles. The van der Waals surface area contributed by atoms with Crippen molar-refractivity contribution in [3.63, 3.8) is 0 Å². The van der Waals surface area contributed by atoms with E-state index in [2.05, 4.69) is 0 Å². The third-order valence-electron chi connectivity index (χ3n) is 5.86. The molecule has 1 saturated heterocycles. The number of hydrogen-bond donors (Lipinski definition) is 0. The summed E-state index contributed by atoms with van der Waals surface area (Å²) in [5.74, 6) is -1.97. The van der Waals surface area contributed by atoms with E-state index in [4.69, 9.17) is 14.7 Å². The molecule has 0 radical (unpaired) electrons. The van der Waals surface area contributed by atoms with Gasteiger partial charge in [0.05, 0.1) is 23.9 Å². The number of alkyl halides is 6. The molecular formula is C25H23F7N4O4. The van der Waals surface area contributed by atoms with E-state index >= 15 is 0 Å². The lowest BCUT2D eigenvalue weighted by Gasteiger charge is -2.26. The number of nitrogens with zero attached hydrogens (tertiary/aromatic N) is 4. The Labute approximate surface area is 224 Å². The first-order valence-electron chi connectivity index (χ1n) is 11.6. The molecule has 0 aromatic heterocycles. The van der Waals surface area contributed by atoms with Crippen molar-refractivity contribution in [1.29, 1.82) is 5.26 Å². The Balaban J connectivity index is 2.02. The summed E-state index contributed by atoms with van der Waals surface area (Å²) in [4.78, 5) is 28.3. The number of benzene rings is 2. The second-order valence-corrected chi connectivity index (χ2v) is 9.16. The van der Waals surface area contributed by atoms with Crippen molar-refractivity contribution in [3.05, 3.63) is 53.3 Å². The summed E-state index contributed by atoms with van der Waals surface area (Å²) >= 11 is 0. The third kappa shape index (κ3) is 6.92. The fourth-order valence-corrected chi connectivity index (χ4v) is 3.68. The van der Waals surface area contributed by atoms with Crippen molar-refractivity contribution in [3.8, 4) is 11.8 Å². The smallest absolute Gasteiger partial charge is 0.407 e. The standard InChI is InChI=1S/C25H23F7N4O4/c1-23(2,14-33)39-11-10-35-8-9-36(21(35)37)19-13-15(24(27,28)29)12-18(25(30,31)32)20(19)40-22(38)34(3)17-6-4-16(26)5-7-17/h4-7,12-13H,8-11H2,1-3H3. The number of nitriles is 1. The topological polar surface area (TPSA) is 86.1 Å². The number of anilines is 2. The molecule has 40 heavy (non-hydrogen) atoms. The van der Waals surface area contributed by atoms with Gasteiger partial charge in [-0.25, -0.2) is 14.0 Å². The molecule has 0 bridgehead atoms. The van der Waals surface area contributed by atoms with Gasteiger partial charge in [0, 0.05) is 32.4 Å². The van der Waals surface area contributed by atoms with Gasteiger partial charge in [-0.2, -0.15) is 31.6 Å². The zero-order valence-electron chi connectivity index (χ0n) is 21.4. The van der Waals surface area contributed by atoms with Gasteiger partial charge in [-0.05, 0) is 50.2 Å². The monoisotopic (exact) mass is 576 g/mol. The van der Waals surface area contributed by atoms with Gasteiger partial charge in [0.25, 0.3) is 0 Å². The van der Waals surface area contributed by atoms with Crippen LogP contribution in [0.4, 0.5) is 51.7 Å². The van der Waals surface area contributed by atoms with E-state index in [1.54, 1.807) is 0 Å². The van der Waals surface area contributed by atoms with Crippen molar-refractivity contribution in [2.45, 2.75) is 31.8 Å². The van der Waals surface area contributed by atoms with Crippen LogP contribution in [0.3, 0.4) is 0 Å². The Morgan fingerprint density at radius 3 is 2.23 bits per heavy atom. The molecule has 0 saturated carbocycles.